The summed E-state index contributed by atoms with van der Waals surface area (Å²) in [5.41, 5.74) is 0.207. The van der Waals surface area contributed by atoms with Gasteiger partial charge in [0.25, 0.3) is 5.91 Å². The molecule has 2 N–H and O–H groups in total. The molecular weight excluding hydrogens is 332 g/mol. The first kappa shape index (κ1) is 20.1. The quantitative estimate of drug-likeness (QED) is 0.687. The first-order chi connectivity index (χ1) is 11.1. The molecule has 0 bridgehead atoms. The molecule has 0 fully saturated rings. The van der Waals surface area contributed by atoms with E-state index in [1.54, 1.807) is 27.7 Å². The summed E-state index contributed by atoms with van der Waals surface area (Å²) in [5, 5.41) is 2.57. The molecule has 134 valence electrons. The molecule has 1 rings (SSSR count). The van der Waals surface area contributed by atoms with E-state index in [1.807, 2.05) is 0 Å². The molecule has 1 aromatic carbocycles. The third-order valence-corrected chi connectivity index (χ3v) is 4.44. The van der Waals surface area contributed by atoms with E-state index < -0.39 is 21.9 Å². The first-order valence-electron chi connectivity index (χ1n) is 7.72. The van der Waals surface area contributed by atoms with Gasteiger partial charge in [-0.3, -0.25) is 9.59 Å². The Morgan fingerprint density at radius 3 is 2.42 bits per heavy atom. The van der Waals surface area contributed by atoms with Crippen molar-refractivity contribution in [3.63, 3.8) is 0 Å². The fourth-order valence-electron chi connectivity index (χ4n) is 1.88. The molecule has 0 radical (unpaired) electrons. The number of amides is 1. The van der Waals surface area contributed by atoms with Gasteiger partial charge in [-0.1, -0.05) is 6.07 Å². The van der Waals surface area contributed by atoms with Crippen LogP contribution < -0.4 is 10.0 Å². The molecule has 8 heteroatoms. The van der Waals surface area contributed by atoms with Gasteiger partial charge in [-0.2, -0.15) is 0 Å². The van der Waals surface area contributed by atoms with Crippen LogP contribution in [0, 0.1) is 0 Å². The predicted octanol–water partition coefficient (Wildman–Crippen LogP) is 1.44. The van der Waals surface area contributed by atoms with E-state index in [4.69, 9.17) is 4.74 Å². The van der Waals surface area contributed by atoms with E-state index in [9.17, 15) is 18.0 Å². The van der Waals surface area contributed by atoms with Gasteiger partial charge in [0, 0.05) is 18.2 Å². The number of rotatable bonds is 8. The summed E-state index contributed by atoms with van der Waals surface area (Å²) in [6, 6.07) is 5.47. The van der Waals surface area contributed by atoms with Crippen LogP contribution in [-0.4, -0.2) is 39.0 Å². The lowest BCUT2D eigenvalue weighted by Crippen LogP contribution is -2.31. The molecule has 0 atom stereocenters. The Bertz CT molecular complexity index is 683. The molecule has 1 amide bonds. The van der Waals surface area contributed by atoms with Crippen molar-refractivity contribution >= 4 is 21.9 Å². The number of ether oxygens (including phenoxy) is 1. The number of sulfonamides is 1. The molecule has 0 spiro atoms. The average Bonchev–Trinajstić information content (AvgIpc) is 2.45. The third kappa shape index (κ3) is 6.67. The second kappa shape index (κ2) is 8.79. The maximum absolute atomic E-state index is 12.1. The van der Waals surface area contributed by atoms with Gasteiger partial charge in [-0.15, -0.1) is 0 Å². The van der Waals surface area contributed by atoms with Crippen molar-refractivity contribution < 1.29 is 22.7 Å². The first-order valence-corrected chi connectivity index (χ1v) is 9.20. The van der Waals surface area contributed by atoms with Crippen molar-refractivity contribution in [3.05, 3.63) is 29.8 Å². The van der Waals surface area contributed by atoms with Gasteiger partial charge in [-0.25, -0.2) is 13.1 Å². The van der Waals surface area contributed by atoms with E-state index in [0.29, 0.717) is 0 Å². The van der Waals surface area contributed by atoms with Crippen LogP contribution in [-0.2, 0) is 19.6 Å². The predicted molar refractivity (Wildman–Crippen MR) is 90.1 cm³/mol. The lowest BCUT2D eigenvalue weighted by Gasteiger charge is -2.11. The highest BCUT2D eigenvalue weighted by molar-refractivity contribution is 7.89. The largest absolute Gasteiger partial charge is 0.463 e. The van der Waals surface area contributed by atoms with Crippen molar-refractivity contribution in [2.24, 2.45) is 0 Å². The summed E-state index contributed by atoms with van der Waals surface area (Å²) in [5.74, 6) is -0.850. The molecule has 0 saturated heterocycles. The monoisotopic (exact) mass is 356 g/mol. The van der Waals surface area contributed by atoms with Crippen LogP contribution in [0.25, 0.3) is 0 Å². The minimum atomic E-state index is -3.67. The van der Waals surface area contributed by atoms with Crippen molar-refractivity contribution in [2.45, 2.75) is 51.2 Å². The van der Waals surface area contributed by atoms with E-state index >= 15 is 0 Å². The summed E-state index contributed by atoms with van der Waals surface area (Å²) in [6.45, 7) is 7.03. The van der Waals surface area contributed by atoms with Crippen molar-refractivity contribution in [1.82, 2.24) is 10.0 Å². The summed E-state index contributed by atoms with van der Waals surface area (Å²) in [4.78, 5) is 23.5. The van der Waals surface area contributed by atoms with Crippen LogP contribution in [0.1, 0.15) is 44.5 Å². The topological polar surface area (TPSA) is 102 Å². The van der Waals surface area contributed by atoms with E-state index in [0.717, 1.165) is 0 Å². The molecule has 0 aliphatic rings. The Balaban J connectivity index is 2.69. The Morgan fingerprint density at radius 2 is 1.83 bits per heavy atom. The fraction of sp³-hybridized carbons (Fsp3) is 0.500. The molecule has 0 aromatic heterocycles. The van der Waals surface area contributed by atoms with Gasteiger partial charge < -0.3 is 10.1 Å². The highest BCUT2D eigenvalue weighted by Gasteiger charge is 2.17. The van der Waals surface area contributed by atoms with Crippen LogP contribution in [0.3, 0.4) is 0 Å². The average molecular weight is 356 g/mol. The Hall–Kier alpha value is -1.93. The van der Waals surface area contributed by atoms with Crippen LogP contribution in [0.15, 0.2) is 29.2 Å². The van der Waals surface area contributed by atoms with E-state index in [1.165, 1.54) is 24.3 Å². The summed E-state index contributed by atoms with van der Waals surface area (Å²) in [7, 11) is -3.67. The number of benzene rings is 1. The van der Waals surface area contributed by atoms with Gasteiger partial charge in [0.15, 0.2) is 0 Å². The second-order valence-electron chi connectivity index (χ2n) is 5.85. The molecule has 1 aromatic rings. The highest BCUT2D eigenvalue weighted by Crippen LogP contribution is 2.12. The van der Waals surface area contributed by atoms with Crippen LogP contribution in [0.4, 0.5) is 0 Å². The summed E-state index contributed by atoms with van der Waals surface area (Å²) in [6.07, 6.45) is -0.153. The van der Waals surface area contributed by atoms with Crippen molar-refractivity contribution in [2.75, 3.05) is 6.54 Å². The molecule has 0 aliphatic heterocycles. The zero-order valence-corrected chi connectivity index (χ0v) is 15.1. The molecule has 0 aliphatic carbocycles. The SMILES string of the molecule is CC(C)NS(=O)(=O)c1cccc(C(=O)NCCC(=O)OC(C)C)c1. The lowest BCUT2D eigenvalue weighted by molar-refractivity contribution is -0.147. The van der Waals surface area contributed by atoms with Crippen molar-refractivity contribution in [3.8, 4) is 0 Å². The normalized spacial score (nSPS) is 11.6. The Morgan fingerprint density at radius 1 is 1.17 bits per heavy atom. The van der Waals surface area contributed by atoms with Gasteiger partial charge in [0.05, 0.1) is 17.4 Å². The summed E-state index contributed by atoms with van der Waals surface area (Å²) < 4.78 is 31.7. The summed E-state index contributed by atoms with van der Waals surface area (Å²) >= 11 is 0. The van der Waals surface area contributed by atoms with Crippen LogP contribution >= 0.6 is 0 Å². The van der Waals surface area contributed by atoms with Crippen LogP contribution in [0.5, 0.6) is 0 Å². The second-order valence-corrected chi connectivity index (χ2v) is 7.56. The highest BCUT2D eigenvalue weighted by atomic mass is 32.2. The van der Waals surface area contributed by atoms with Gasteiger partial charge in [0.2, 0.25) is 10.0 Å². The number of carbonyl (C=O) groups is 2. The number of nitrogens with one attached hydrogen (secondary N) is 2. The zero-order valence-electron chi connectivity index (χ0n) is 14.3. The van der Waals surface area contributed by atoms with Gasteiger partial charge >= 0.3 is 5.97 Å². The lowest BCUT2D eigenvalue weighted by atomic mass is 10.2. The Kier molecular flexibility index (Phi) is 7.37. The van der Waals surface area contributed by atoms with E-state index in [2.05, 4.69) is 10.0 Å². The Labute approximate surface area is 142 Å². The standard InChI is InChI=1S/C16H24N2O5S/c1-11(2)18-24(21,22)14-7-5-6-13(10-14)16(20)17-9-8-15(19)23-12(3)4/h5-7,10-12,18H,8-9H2,1-4H3,(H,17,20). The smallest absolute Gasteiger partial charge is 0.307 e. The number of esters is 1. The molecule has 7 nitrogen and oxygen atoms in total. The molecule has 24 heavy (non-hydrogen) atoms. The fourth-order valence-corrected chi connectivity index (χ4v) is 3.18. The molecular formula is C16H24N2O5S. The molecule has 0 saturated carbocycles. The van der Waals surface area contributed by atoms with Gasteiger partial charge in [0.1, 0.15) is 0 Å². The minimum absolute atomic E-state index is 0.0167. The molecule has 0 heterocycles. The van der Waals surface area contributed by atoms with E-state index in [-0.39, 0.29) is 35.6 Å². The van der Waals surface area contributed by atoms with Gasteiger partial charge in [-0.05, 0) is 45.9 Å². The number of hydrogen-bond donors (Lipinski definition) is 2. The number of hydrogen-bond acceptors (Lipinski definition) is 5. The third-order valence-electron chi connectivity index (χ3n) is 2.78. The van der Waals surface area contributed by atoms with Crippen LogP contribution in [0.2, 0.25) is 0 Å². The zero-order chi connectivity index (χ0) is 18.3. The number of carbonyl (C=O) groups excluding carboxylic acids is 2. The maximum atomic E-state index is 12.1. The molecule has 0 unspecified atom stereocenters. The van der Waals surface area contributed by atoms with Crippen molar-refractivity contribution in [1.29, 1.82) is 0 Å². The minimum Gasteiger partial charge on any atom is -0.463 e. The maximum Gasteiger partial charge on any atom is 0.307 e.